The van der Waals surface area contributed by atoms with Crippen LogP contribution in [0, 0.1) is 0 Å². The second kappa shape index (κ2) is 6.50. The third kappa shape index (κ3) is 3.43. The summed E-state index contributed by atoms with van der Waals surface area (Å²) < 4.78 is 0. The molecular weight excluding hydrogens is 262 g/mol. The zero-order valence-electron chi connectivity index (χ0n) is 10.7. The first-order valence-corrected chi connectivity index (χ1v) is 6.58. The normalized spacial score (nSPS) is 10.6. The van der Waals surface area contributed by atoms with Gasteiger partial charge in [0.1, 0.15) is 0 Å². The molecule has 1 aromatic carbocycles. The van der Waals surface area contributed by atoms with Crippen LogP contribution < -0.4 is 10.6 Å². The highest BCUT2D eigenvalue weighted by atomic mass is 35.5. The molecule has 19 heavy (non-hydrogen) atoms. The van der Waals surface area contributed by atoms with E-state index in [0.29, 0.717) is 17.1 Å². The van der Waals surface area contributed by atoms with E-state index in [4.69, 9.17) is 11.6 Å². The van der Waals surface area contributed by atoms with Crippen molar-refractivity contribution in [2.45, 2.75) is 12.8 Å². The number of rotatable bonds is 5. The van der Waals surface area contributed by atoms with Gasteiger partial charge in [-0.2, -0.15) is 0 Å². The van der Waals surface area contributed by atoms with E-state index in [1.54, 1.807) is 18.3 Å². The Morgan fingerprint density at radius 3 is 3.00 bits per heavy atom. The van der Waals surface area contributed by atoms with E-state index < -0.39 is 0 Å². The molecule has 1 amide bonds. The van der Waals surface area contributed by atoms with Gasteiger partial charge in [0.15, 0.2) is 0 Å². The fourth-order valence-electron chi connectivity index (χ4n) is 1.88. The highest BCUT2D eigenvalue weighted by Crippen LogP contribution is 2.27. The molecule has 1 aromatic heterocycles. The predicted octanol–water partition coefficient (Wildman–Crippen LogP) is 2.83. The van der Waals surface area contributed by atoms with Crippen molar-refractivity contribution in [2.75, 3.05) is 18.9 Å². The van der Waals surface area contributed by atoms with Gasteiger partial charge in [-0.25, -0.2) is 0 Å². The van der Waals surface area contributed by atoms with Crippen LogP contribution in [0.2, 0.25) is 5.02 Å². The largest absolute Gasteiger partial charge is 0.324 e. The number of nitrogens with zero attached hydrogens (tertiary/aromatic N) is 1. The van der Waals surface area contributed by atoms with Crippen LogP contribution in [0.3, 0.4) is 0 Å². The van der Waals surface area contributed by atoms with Crippen LogP contribution in [0.15, 0.2) is 30.5 Å². The molecule has 0 atom stereocenters. The number of carbonyl (C=O) groups excluding carboxylic acids is 1. The van der Waals surface area contributed by atoms with Gasteiger partial charge in [0.2, 0.25) is 5.91 Å². The van der Waals surface area contributed by atoms with Gasteiger partial charge in [0.25, 0.3) is 0 Å². The van der Waals surface area contributed by atoms with Crippen molar-refractivity contribution in [1.82, 2.24) is 10.3 Å². The maximum atomic E-state index is 11.8. The van der Waals surface area contributed by atoms with Crippen LogP contribution in [0.25, 0.3) is 10.9 Å². The van der Waals surface area contributed by atoms with E-state index in [9.17, 15) is 4.79 Å². The third-order valence-corrected chi connectivity index (χ3v) is 3.15. The minimum Gasteiger partial charge on any atom is -0.324 e. The van der Waals surface area contributed by atoms with E-state index in [1.165, 1.54) is 0 Å². The molecule has 0 radical (unpaired) electrons. The van der Waals surface area contributed by atoms with Crippen LogP contribution in [0.4, 0.5) is 5.69 Å². The molecule has 0 fully saturated rings. The van der Waals surface area contributed by atoms with E-state index in [0.717, 1.165) is 23.9 Å². The van der Waals surface area contributed by atoms with Gasteiger partial charge in [-0.15, -0.1) is 0 Å². The molecule has 4 nitrogen and oxygen atoms in total. The number of nitrogens with one attached hydrogen (secondary N) is 2. The summed E-state index contributed by atoms with van der Waals surface area (Å²) in [6, 6.07) is 7.27. The summed E-state index contributed by atoms with van der Waals surface area (Å²) >= 11 is 6.11. The van der Waals surface area contributed by atoms with Gasteiger partial charge in [-0.1, -0.05) is 11.6 Å². The number of halogens is 1. The fraction of sp³-hybridized carbons (Fsp3) is 0.286. The Morgan fingerprint density at radius 1 is 1.37 bits per heavy atom. The summed E-state index contributed by atoms with van der Waals surface area (Å²) in [5.41, 5.74) is 1.42. The van der Waals surface area contributed by atoms with E-state index in [-0.39, 0.29) is 5.91 Å². The first-order valence-electron chi connectivity index (χ1n) is 6.20. The number of amides is 1. The van der Waals surface area contributed by atoms with Crippen LogP contribution in [-0.2, 0) is 4.79 Å². The van der Waals surface area contributed by atoms with Crippen LogP contribution >= 0.6 is 11.6 Å². The Balaban J connectivity index is 2.17. The average molecular weight is 278 g/mol. The van der Waals surface area contributed by atoms with E-state index >= 15 is 0 Å². The summed E-state index contributed by atoms with van der Waals surface area (Å²) in [7, 11) is 1.87. The lowest BCUT2D eigenvalue weighted by molar-refractivity contribution is -0.116. The van der Waals surface area contributed by atoms with E-state index in [1.807, 2.05) is 19.2 Å². The molecular formula is C14H16ClN3O. The number of aromatic nitrogens is 1. The molecule has 0 saturated heterocycles. The number of pyridine rings is 1. The second-order valence-corrected chi connectivity index (χ2v) is 4.66. The molecule has 2 N–H and O–H groups in total. The summed E-state index contributed by atoms with van der Waals surface area (Å²) in [5.74, 6) is -0.00970. The highest BCUT2D eigenvalue weighted by molar-refractivity contribution is 6.35. The Bertz CT molecular complexity index is 586. The minimum absolute atomic E-state index is 0.00970. The first-order chi connectivity index (χ1) is 9.22. The lowest BCUT2D eigenvalue weighted by atomic mass is 10.2. The first kappa shape index (κ1) is 13.8. The lowest BCUT2D eigenvalue weighted by Crippen LogP contribution is -2.15. The van der Waals surface area contributed by atoms with Crippen molar-refractivity contribution in [3.63, 3.8) is 0 Å². The average Bonchev–Trinajstić information content (AvgIpc) is 2.43. The molecule has 2 aromatic rings. The Hall–Kier alpha value is -1.65. The number of anilines is 1. The fourth-order valence-corrected chi connectivity index (χ4v) is 2.09. The molecule has 5 heteroatoms. The van der Waals surface area contributed by atoms with Gasteiger partial charge < -0.3 is 10.6 Å². The molecule has 2 rings (SSSR count). The Labute approximate surface area is 117 Å². The zero-order chi connectivity index (χ0) is 13.7. The number of hydrogen-bond acceptors (Lipinski definition) is 3. The van der Waals surface area contributed by atoms with Gasteiger partial charge in [0, 0.05) is 18.0 Å². The van der Waals surface area contributed by atoms with Gasteiger partial charge in [-0.05, 0) is 44.3 Å². The number of benzene rings is 1. The van der Waals surface area contributed by atoms with Gasteiger partial charge in [0.05, 0.1) is 16.2 Å². The van der Waals surface area contributed by atoms with Crippen molar-refractivity contribution in [2.24, 2.45) is 0 Å². The maximum absolute atomic E-state index is 11.8. The quantitative estimate of drug-likeness (QED) is 0.827. The maximum Gasteiger partial charge on any atom is 0.224 e. The molecule has 0 unspecified atom stereocenters. The molecule has 0 aliphatic heterocycles. The summed E-state index contributed by atoms with van der Waals surface area (Å²) in [4.78, 5) is 16.1. The van der Waals surface area contributed by atoms with Crippen LogP contribution in [0.5, 0.6) is 0 Å². The molecule has 0 saturated carbocycles. The number of carbonyl (C=O) groups is 1. The monoisotopic (exact) mass is 277 g/mol. The Morgan fingerprint density at radius 2 is 2.21 bits per heavy atom. The standard InChI is InChI=1S/C14H16ClN3O/c1-16-8-3-5-13(19)18-12-7-6-11(15)10-4-2-9-17-14(10)12/h2,4,6-7,9,16H,3,5,8H2,1H3,(H,18,19). The second-order valence-electron chi connectivity index (χ2n) is 4.25. The summed E-state index contributed by atoms with van der Waals surface area (Å²) in [6.07, 6.45) is 2.98. The van der Waals surface area contributed by atoms with Crippen LogP contribution in [-0.4, -0.2) is 24.5 Å². The molecule has 0 aliphatic rings. The van der Waals surface area contributed by atoms with Crippen molar-refractivity contribution in [1.29, 1.82) is 0 Å². The molecule has 1 heterocycles. The Kier molecular flexibility index (Phi) is 4.71. The molecule has 0 aliphatic carbocycles. The minimum atomic E-state index is -0.00970. The topological polar surface area (TPSA) is 54.0 Å². The van der Waals surface area contributed by atoms with Crippen molar-refractivity contribution in [3.8, 4) is 0 Å². The lowest BCUT2D eigenvalue weighted by Gasteiger charge is -2.09. The van der Waals surface area contributed by atoms with E-state index in [2.05, 4.69) is 15.6 Å². The van der Waals surface area contributed by atoms with Gasteiger partial charge in [-0.3, -0.25) is 9.78 Å². The molecule has 0 spiro atoms. The number of fused-ring (bicyclic) bond motifs is 1. The molecule has 0 bridgehead atoms. The number of hydrogen-bond donors (Lipinski definition) is 2. The van der Waals surface area contributed by atoms with Crippen LogP contribution in [0.1, 0.15) is 12.8 Å². The summed E-state index contributed by atoms with van der Waals surface area (Å²) in [5, 5.41) is 7.38. The SMILES string of the molecule is CNCCCC(=O)Nc1ccc(Cl)c2cccnc12. The summed E-state index contributed by atoms with van der Waals surface area (Å²) in [6.45, 7) is 0.826. The predicted molar refractivity (Wildman–Crippen MR) is 78.5 cm³/mol. The van der Waals surface area contributed by atoms with Crippen molar-refractivity contribution >= 4 is 34.1 Å². The molecule has 100 valence electrons. The zero-order valence-corrected chi connectivity index (χ0v) is 11.5. The van der Waals surface area contributed by atoms with Crippen molar-refractivity contribution < 1.29 is 4.79 Å². The van der Waals surface area contributed by atoms with Gasteiger partial charge >= 0.3 is 0 Å². The van der Waals surface area contributed by atoms with Crippen molar-refractivity contribution in [3.05, 3.63) is 35.5 Å². The third-order valence-electron chi connectivity index (χ3n) is 2.82. The smallest absolute Gasteiger partial charge is 0.224 e. The highest BCUT2D eigenvalue weighted by Gasteiger charge is 2.08.